The Morgan fingerprint density at radius 1 is 1.05 bits per heavy atom. The number of nitrogens with one attached hydrogen (secondary N) is 1. The van der Waals surface area contributed by atoms with E-state index < -0.39 is 6.36 Å². The molecule has 3 nitrogen and oxygen atoms in total. The lowest BCUT2D eigenvalue weighted by Crippen LogP contribution is -2.17. The average Bonchev–Trinajstić information content (AvgIpc) is 2.42. The third-order valence-electron chi connectivity index (χ3n) is 2.65. The zero-order chi connectivity index (χ0) is 16.2. The Bertz CT molecular complexity index is 639. The van der Waals surface area contributed by atoms with Crippen molar-refractivity contribution in [2.24, 2.45) is 0 Å². The first-order valence-corrected chi connectivity index (χ1v) is 7.01. The van der Waals surface area contributed by atoms with Crippen LogP contribution in [0, 0.1) is 0 Å². The van der Waals surface area contributed by atoms with Gasteiger partial charge in [-0.05, 0) is 42.0 Å². The number of anilines is 1. The number of carbonyl (C=O) groups excluding carboxylic acids is 1. The van der Waals surface area contributed by atoms with Gasteiger partial charge in [0.2, 0.25) is 5.91 Å². The first kappa shape index (κ1) is 16.4. The van der Waals surface area contributed by atoms with Crippen molar-refractivity contribution in [2.45, 2.75) is 12.8 Å². The highest BCUT2D eigenvalue weighted by atomic mass is 79.9. The average molecular weight is 374 g/mol. The normalized spacial score (nSPS) is 11.1. The van der Waals surface area contributed by atoms with E-state index in [9.17, 15) is 18.0 Å². The van der Waals surface area contributed by atoms with Crippen LogP contribution in [0.4, 0.5) is 18.9 Å². The number of rotatable bonds is 4. The highest BCUT2D eigenvalue weighted by Crippen LogP contribution is 2.24. The van der Waals surface area contributed by atoms with Gasteiger partial charge < -0.3 is 10.1 Å². The summed E-state index contributed by atoms with van der Waals surface area (Å²) in [4.78, 5) is 11.8. The van der Waals surface area contributed by atoms with Crippen molar-refractivity contribution >= 4 is 27.5 Å². The molecule has 0 fully saturated rings. The maximum absolute atomic E-state index is 12.0. The number of alkyl halides is 3. The number of hydrogen-bond acceptors (Lipinski definition) is 2. The van der Waals surface area contributed by atoms with E-state index in [0.717, 1.165) is 22.2 Å². The van der Waals surface area contributed by atoms with Crippen molar-refractivity contribution in [2.75, 3.05) is 5.32 Å². The Kier molecular flexibility index (Phi) is 5.07. The van der Waals surface area contributed by atoms with Crippen LogP contribution in [0.15, 0.2) is 53.0 Å². The molecule has 2 aromatic carbocycles. The Morgan fingerprint density at radius 3 is 2.18 bits per heavy atom. The molecule has 0 bridgehead atoms. The highest BCUT2D eigenvalue weighted by Gasteiger charge is 2.30. The molecule has 1 amide bonds. The van der Waals surface area contributed by atoms with E-state index in [2.05, 4.69) is 26.0 Å². The molecule has 0 radical (unpaired) electrons. The SMILES string of the molecule is O=C(Cc1ccc(Br)cc1)Nc1ccc(OC(F)(F)F)cc1. The Balaban J connectivity index is 1.93. The minimum absolute atomic E-state index is 0.175. The molecule has 0 aliphatic carbocycles. The maximum atomic E-state index is 12.0. The van der Waals surface area contributed by atoms with Crippen LogP contribution >= 0.6 is 15.9 Å². The second kappa shape index (κ2) is 6.83. The van der Waals surface area contributed by atoms with Crippen molar-refractivity contribution in [3.05, 3.63) is 58.6 Å². The lowest BCUT2D eigenvalue weighted by molar-refractivity contribution is -0.274. The quantitative estimate of drug-likeness (QED) is 0.854. The third-order valence-corrected chi connectivity index (χ3v) is 3.18. The van der Waals surface area contributed by atoms with Crippen molar-refractivity contribution in [3.8, 4) is 5.75 Å². The lowest BCUT2D eigenvalue weighted by Gasteiger charge is -2.10. The van der Waals surface area contributed by atoms with E-state index >= 15 is 0 Å². The van der Waals surface area contributed by atoms with E-state index in [4.69, 9.17) is 0 Å². The Hall–Kier alpha value is -2.02. The summed E-state index contributed by atoms with van der Waals surface area (Å²) in [6.07, 6.45) is -4.56. The summed E-state index contributed by atoms with van der Waals surface area (Å²) in [6.45, 7) is 0. The molecule has 116 valence electrons. The number of hydrogen-bond donors (Lipinski definition) is 1. The fourth-order valence-corrected chi connectivity index (χ4v) is 2.00. The van der Waals surface area contributed by atoms with Crippen LogP contribution in [0.5, 0.6) is 5.75 Å². The van der Waals surface area contributed by atoms with Crippen molar-refractivity contribution in [1.29, 1.82) is 0 Å². The standard InChI is InChI=1S/C15H11BrF3NO2/c16-11-3-1-10(2-4-11)9-14(21)20-12-5-7-13(8-6-12)22-15(17,18)19/h1-8H,9H2,(H,20,21). The number of benzene rings is 2. The topological polar surface area (TPSA) is 38.3 Å². The van der Waals surface area contributed by atoms with Crippen molar-refractivity contribution < 1.29 is 22.7 Å². The van der Waals surface area contributed by atoms with Gasteiger partial charge in [0.25, 0.3) is 0 Å². The summed E-state index contributed by atoms with van der Waals surface area (Å²) < 4.78 is 40.7. The van der Waals surface area contributed by atoms with Gasteiger partial charge in [-0.15, -0.1) is 13.2 Å². The van der Waals surface area contributed by atoms with Gasteiger partial charge in [-0.1, -0.05) is 28.1 Å². The molecule has 0 aliphatic heterocycles. The Morgan fingerprint density at radius 2 is 1.64 bits per heavy atom. The molecule has 1 N–H and O–H groups in total. The van der Waals surface area contributed by atoms with E-state index in [0.29, 0.717) is 5.69 Å². The first-order valence-electron chi connectivity index (χ1n) is 6.22. The summed E-state index contributed by atoms with van der Waals surface area (Å²) in [6, 6.07) is 12.2. The van der Waals surface area contributed by atoms with E-state index in [1.165, 1.54) is 12.1 Å². The molecule has 2 rings (SSSR count). The number of ether oxygens (including phenoxy) is 1. The van der Waals surface area contributed by atoms with Crippen LogP contribution < -0.4 is 10.1 Å². The summed E-state index contributed by atoms with van der Waals surface area (Å²) in [7, 11) is 0. The van der Waals surface area contributed by atoms with Crippen LogP contribution in [-0.4, -0.2) is 12.3 Å². The number of carbonyl (C=O) groups is 1. The van der Waals surface area contributed by atoms with Crippen LogP contribution in [0.3, 0.4) is 0 Å². The highest BCUT2D eigenvalue weighted by molar-refractivity contribution is 9.10. The van der Waals surface area contributed by atoms with Gasteiger partial charge in [0.05, 0.1) is 6.42 Å². The van der Waals surface area contributed by atoms with E-state index in [1.807, 2.05) is 24.3 Å². The van der Waals surface area contributed by atoms with E-state index in [1.54, 1.807) is 0 Å². The minimum Gasteiger partial charge on any atom is -0.406 e. The molecular formula is C15H11BrF3NO2. The lowest BCUT2D eigenvalue weighted by atomic mass is 10.1. The fourth-order valence-electron chi connectivity index (χ4n) is 1.73. The molecule has 0 aromatic heterocycles. The molecule has 0 spiro atoms. The summed E-state index contributed by atoms with van der Waals surface area (Å²) in [5.41, 5.74) is 1.23. The predicted molar refractivity (Wildman–Crippen MR) is 79.6 cm³/mol. The predicted octanol–water partition coefficient (Wildman–Crippen LogP) is 4.53. The van der Waals surface area contributed by atoms with Crippen LogP contribution in [0.1, 0.15) is 5.56 Å². The minimum atomic E-state index is -4.73. The second-order valence-electron chi connectivity index (χ2n) is 4.42. The maximum Gasteiger partial charge on any atom is 0.573 e. The summed E-state index contributed by atoms with van der Waals surface area (Å²) >= 11 is 3.30. The molecule has 0 atom stereocenters. The molecule has 22 heavy (non-hydrogen) atoms. The number of amides is 1. The van der Waals surface area contributed by atoms with Gasteiger partial charge in [-0.2, -0.15) is 0 Å². The zero-order valence-corrected chi connectivity index (χ0v) is 12.7. The molecule has 7 heteroatoms. The van der Waals surface area contributed by atoms with Gasteiger partial charge in [0, 0.05) is 10.2 Å². The van der Waals surface area contributed by atoms with Gasteiger partial charge in [0.1, 0.15) is 5.75 Å². The molecule has 0 heterocycles. The zero-order valence-electron chi connectivity index (χ0n) is 11.2. The monoisotopic (exact) mass is 373 g/mol. The molecule has 0 saturated heterocycles. The molecule has 0 saturated carbocycles. The van der Waals surface area contributed by atoms with Crippen molar-refractivity contribution in [3.63, 3.8) is 0 Å². The van der Waals surface area contributed by atoms with E-state index in [-0.39, 0.29) is 18.1 Å². The number of halogens is 4. The first-order chi connectivity index (χ1) is 10.3. The van der Waals surface area contributed by atoms with Crippen LogP contribution in [-0.2, 0) is 11.2 Å². The second-order valence-corrected chi connectivity index (χ2v) is 5.34. The van der Waals surface area contributed by atoms with Gasteiger partial charge in [0.15, 0.2) is 0 Å². The van der Waals surface area contributed by atoms with Gasteiger partial charge >= 0.3 is 6.36 Å². The van der Waals surface area contributed by atoms with Crippen LogP contribution in [0.2, 0.25) is 0 Å². The third kappa shape index (κ3) is 5.40. The molecule has 2 aromatic rings. The molecule has 0 unspecified atom stereocenters. The molecular weight excluding hydrogens is 363 g/mol. The van der Waals surface area contributed by atoms with Crippen molar-refractivity contribution in [1.82, 2.24) is 0 Å². The summed E-state index contributed by atoms with van der Waals surface area (Å²) in [5.74, 6) is -0.592. The van der Waals surface area contributed by atoms with Gasteiger partial charge in [-0.3, -0.25) is 4.79 Å². The molecule has 0 aliphatic rings. The van der Waals surface area contributed by atoms with Gasteiger partial charge in [-0.25, -0.2) is 0 Å². The Labute approximate surface area is 133 Å². The fraction of sp³-hybridized carbons (Fsp3) is 0.133. The summed E-state index contributed by atoms with van der Waals surface area (Å²) in [5, 5.41) is 2.61. The largest absolute Gasteiger partial charge is 0.573 e. The smallest absolute Gasteiger partial charge is 0.406 e. The van der Waals surface area contributed by atoms with Crippen LogP contribution in [0.25, 0.3) is 0 Å².